The largest absolute Gasteiger partial charge is 0.333 e. The fraction of sp³-hybridized carbons (Fsp3) is 0.565. The molecule has 1 aromatic heterocycles. The van der Waals surface area contributed by atoms with Crippen molar-refractivity contribution in [1.29, 1.82) is 0 Å². The van der Waals surface area contributed by atoms with Crippen molar-refractivity contribution >= 4 is 5.91 Å². The maximum absolute atomic E-state index is 13.4. The molecular weight excluding hydrogens is 348 g/mol. The first-order valence-electron chi connectivity index (χ1n) is 11.0. The number of hydrogen-bond acceptors (Lipinski definition) is 2. The van der Waals surface area contributed by atoms with Gasteiger partial charge in [0.15, 0.2) is 0 Å². The maximum atomic E-state index is 13.4. The highest BCUT2D eigenvalue weighted by molar-refractivity contribution is 5.78. The smallest absolute Gasteiger partial charge is 0.226 e. The number of nitrogens with one attached hydrogen (secondary N) is 1. The van der Waals surface area contributed by atoms with E-state index in [1.54, 1.807) is 4.90 Å². The summed E-state index contributed by atoms with van der Waals surface area (Å²) in [7, 11) is 0. The number of rotatable bonds is 7. The van der Waals surface area contributed by atoms with Gasteiger partial charge in [-0.05, 0) is 31.0 Å². The molecule has 1 saturated carbocycles. The zero-order valence-electron chi connectivity index (χ0n) is 16.9. The first-order valence-corrected chi connectivity index (χ1v) is 11.0. The minimum Gasteiger partial charge on any atom is -0.333 e. The van der Waals surface area contributed by atoms with Gasteiger partial charge in [0.25, 0.3) is 0 Å². The second-order valence-corrected chi connectivity index (χ2v) is 8.37. The van der Waals surface area contributed by atoms with E-state index in [9.17, 15) is 4.79 Å². The minimum atomic E-state index is 0.218. The van der Waals surface area contributed by atoms with Crippen LogP contribution >= 0.6 is 0 Å². The molecule has 2 aliphatic rings. The molecule has 2 heterocycles. The van der Waals surface area contributed by atoms with Gasteiger partial charge in [-0.1, -0.05) is 37.5 Å². The van der Waals surface area contributed by atoms with Crippen molar-refractivity contribution < 1.29 is 9.69 Å². The fourth-order valence-electron chi connectivity index (χ4n) is 4.74. The molecule has 5 nitrogen and oxygen atoms in total. The van der Waals surface area contributed by atoms with Gasteiger partial charge in [0.05, 0.1) is 44.1 Å². The molecule has 4 rings (SSSR count). The van der Waals surface area contributed by atoms with Crippen LogP contribution in [-0.2, 0) is 11.3 Å². The van der Waals surface area contributed by atoms with Crippen molar-refractivity contribution in [2.75, 3.05) is 26.2 Å². The summed E-state index contributed by atoms with van der Waals surface area (Å²) in [5.74, 6) is 0.578. The van der Waals surface area contributed by atoms with Crippen molar-refractivity contribution in [3.63, 3.8) is 0 Å². The number of carbonyl (C=O) groups excluding carboxylic acids is 1. The molecular formula is C23H33N4O+. The molecule has 0 bridgehead atoms. The van der Waals surface area contributed by atoms with Gasteiger partial charge in [-0.3, -0.25) is 4.79 Å². The summed E-state index contributed by atoms with van der Waals surface area (Å²) in [6.45, 7) is 5.08. The lowest BCUT2D eigenvalue weighted by molar-refractivity contribution is -0.886. The van der Waals surface area contributed by atoms with Gasteiger partial charge in [-0.25, -0.2) is 4.68 Å². The molecule has 2 aromatic rings. The van der Waals surface area contributed by atoms with E-state index in [1.165, 1.54) is 45.2 Å². The van der Waals surface area contributed by atoms with Crippen LogP contribution < -0.4 is 4.90 Å². The van der Waals surface area contributed by atoms with Crippen LogP contribution in [-0.4, -0.2) is 46.8 Å². The Balaban J connectivity index is 1.50. The Hall–Kier alpha value is -2.14. The monoisotopic (exact) mass is 381 g/mol. The molecule has 1 aromatic carbocycles. The van der Waals surface area contributed by atoms with Crippen LogP contribution in [0.3, 0.4) is 0 Å². The second kappa shape index (κ2) is 9.37. The number of benzene rings is 1. The summed E-state index contributed by atoms with van der Waals surface area (Å²) >= 11 is 0. The molecule has 1 aliphatic carbocycles. The van der Waals surface area contributed by atoms with Crippen LogP contribution in [0.1, 0.15) is 50.6 Å². The zero-order chi connectivity index (χ0) is 19.2. The Kier molecular flexibility index (Phi) is 6.42. The Morgan fingerprint density at radius 1 is 1.04 bits per heavy atom. The number of quaternary nitrogens is 1. The van der Waals surface area contributed by atoms with Gasteiger partial charge in [0.1, 0.15) is 0 Å². The summed E-state index contributed by atoms with van der Waals surface area (Å²) in [5, 5.41) is 4.52. The van der Waals surface area contributed by atoms with Crippen LogP contribution in [0.2, 0.25) is 0 Å². The molecule has 2 fully saturated rings. The van der Waals surface area contributed by atoms with E-state index in [1.807, 2.05) is 29.1 Å². The van der Waals surface area contributed by atoms with E-state index in [-0.39, 0.29) is 5.92 Å². The van der Waals surface area contributed by atoms with Crippen molar-refractivity contribution in [2.45, 2.75) is 51.5 Å². The first kappa shape index (κ1) is 19.2. The molecule has 1 N–H and O–H groups in total. The number of nitrogens with zero attached hydrogens (tertiary/aromatic N) is 3. The molecule has 1 amide bonds. The molecule has 150 valence electrons. The van der Waals surface area contributed by atoms with Crippen LogP contribution in [0.5, 0.6) is 0 Å². The summed E-state index contributed by atoms with van der Waals surface area (Å²) < 4.78 is 1.98. The fourth-order valence-corrected chi connectivity index (χ4v) is 4.74. The van der Waals surface area contributed by atoms with Crippen molar-refractivity contribution in [3.05, 3.63) is 48.3 Å². The average molecular weight is 382 g/mol. The number of hydrogen-bond donors (Lipinski definition) is 1. The van der Waals surface area contributed by atoms with Gasteiger partial charge >= 0.3 is 0 Å². The molecule has 28 heavy (non-hydrogen) atoms. The molecule has 1 saturated heterocycles. The molecule has 0 atom stereocenters. The number of para-hydroxylation sites is 1. The third-order valence-electron chi connectivity index (χ3n) is 6.39. The highest BCUT2D eigenvalue weighted by atomic mass is 16.2. The van der Waals surface area contributed by atoms with Gasteiger partial charge in [-0.15, -0.1) is 0 Å². The summed E-state index contributed by atoms with van der Waals surface area (Å²) in [5.41, 5.74) is 2.14. The third kappa shape index (κ3) is 4.64. The zero-order valence-corrected chi connectivity index (χ0v) is 16.9. The lowest BCUT2D eigenvalue weighted by Gasteiger charge is -2.30. The Morgan fingerprint density at radius 2 is 1.79 bits per heavy atom. The van der Waals surface area contributed by atoms with E-state index >= 15 is 0 Å². The minimum absolute atomic E-state index is 0.218. The predicted octanol–water partition coefficient (Wildman–Crippen LogP) is 2.46. The first-order chi connectivity index (χ1) is 13.8. The normalized spacial score (nSPS) is 18.4. The van der Waals surface area contributed by atoms with Crippen LogP contribution in [0.15, 0.2) is 42.6 Å². The summed E-state index contributed by atoms with van der Waals surface area (Å²) in [6.07, 6.45) is 10.3. The lowest BCUT2D eigenvalue weighted by Crippen LogP contribution is -3.10. The molecule has 0 unspecified atom stereocenters. The van der Waals surface area contributed by atoms with E-state index in [4.69, 9.17) is 0 Å². The lowest BCUT2D eigenvalue weighted by atomic mass is 9.88. The number of carbonyl (C=O) groups is 1. The third-order valence-corrected chi connectivity index (χ3v) is 6.39. The van der Waals surface area contributed by atoms with Crippen molar-refractivity contribution in [3.8, 4) is 5.69 Å². The van der Waals surface area contributed by atoms with Crippen molar-refractivity contribution in [1.82, 2.24) is 14.7 Å². The SMILES string of the molecule is O=C(C1CCCCC1)N(CC[NH+]1CCCC1)Cc1ccnn1-c1ccccc1. The quantitative estimate of drug-likeness (QED) is 0.801. The van der Waals surface area contributed by atoms with E-state index in [0.717, 1.165) is 37.3 Å². The van der Waals surface area contributed by atoms with Gasteiger partial charge < -0.3 is 9.80 Å². The van der Waals surface area contributed by atoms with Gasteiger partial charge in [0.2, 0.25) is 5.91 Å². The van der Waals surface area contributed by atoms with Crippen LogP contribution in [0.25, 0.3) is 5.69 Å². The molecule has 0 radical (unpaired) electrons. The van der Waals surface area contributed by atoms with E-state index in [2.05, 4.69) is 28.2 Å². The summed E-state index contributed by atoms with van der Waals surface area (Å²) in [6, 6.07) is 12.3. The molecule has 1 aliphatic heterocycles. The Morgan fingerprint density at radius 3 is 2.54 bits per heavy atom. The summed E-state index contributed by atoms with van der Waals surface area (Å²) in [4.78, 5) is 17.1. The Bertz CT molecular complexity index is 745. The standard InChI is InChI=1S/C23H32N4O/c28-23(20-9-3-1-4-10-20)26(18-17-25-15-7-8-16-25)19-22-13-14-24-27(22)21-11-5-2-6-12-21/h2,5-6,11-14,20H,1,3-4,7-10,15-19H2/p+1. The average Bonchev–Trinajstić information content (AvgIpc) is 3.44. The molecule has 5 heteroatoms. The topological polar surface area (TPSA) is 42.6 Å². The Labute approximate surface area is 168 Å². The van der Waals surface area contributed by atoms with Gasteiger partial charge in [-0.2, -0.15) is 5.10 Å². The number of amides is 1. The van der Waals surface area contributed by atoms with Crippen LogP contribution in [0, 0.1) is 5.92 Å². The maximum Gasteiger partial charge on any atom is 0.226 e. The van der Waals surface area contributed by atoms with E-state index in [0.29, 0.717) is 12.5 Å². The number of aromatic nitrogens is 2. The molecule has 0 spiro atoms. The van der Waals surface area contributed by atoms with Crippen LogP contribution in [0.4, 0.5) is 0 Å². The van der Waals surface area contributed by atoms with Crippen molar-refractivity contribution in [2.24, 2.45) is 5.92 Å². The van der Waals surface area contributed by atoms with E-state index < -0.39 is 0 Å². The highest BCUT2D eigenvalue weighted by Crippen LogP contribution is 2.26. The van der Waals surface area contributed by atoms with Gasteiger partial charge in [0, 0.05) is 25.0 Å². The highest BCUT2D eigenvalue weighted by Gasteiger charge is 2.28. The predicted molar refractivity (Wildman–Crippen MR) is 110 cm³/mol. The number of likely N-dealkylation sites (tertiary alicyclic amines) is 1. The second-order valence-electron chi connectivity index (χ2n) is 8.37.